The molecule has 0 fully saturated rings. The zero-order valence-electron chi connectivity index (χ0n) is 11.3. The highest BCUT2D eigenvalue weighted by Gasteiger charge is 2.16. The second-order valence-corrected chi connectivity index (χ2v) is 4.79. The van der Waals surface area contributed by atoms with Crippen LogP contribution in [-0.4, -0.2) is 33.7 Å². The molecular formula is C13H21N5. The molecule has 0 saturated carbocycles. The molecule has 0 atom stereocenters. The van der Waals surface area contributed by atoms with Gasteiger partial charge in [-0.05, 0) is 32.9 Å². The third kappa shape index (κ3) is 2.31. The first-order valence-electron chi connectivity index (χ1n) is 6.38. The number of pyridine rings is 1. The number of anilines is 1. The SMILES string of the molecule is CC(C)N(CCCN)c1nccc2c1ncn2C. The first kappa shape index (κ1) is 12.8. The first-order valence-corrected chi connectivity index (χ1v) is 6.38. The van der Waals surface area contributed by atoms with Gasteiger partial charge >= 0.3 is 0 Å². The highest BCUT2D eigenvalue weighted by atomic mass is 15.2. The Balaban J connectivity index is 2.43. The van der Waals surface area contributed by atoms with E-state index in [0.717, 1.165) is 29.8 Å². The number of fused-ring (bicyclic) bond motifs is 1. The summed E-state index contributed by atoms with van der Waals surface area (Å²) in [7, 11) is 2.00. The minimum atomic E-state index is 0.386. The predicted molar refractivity (Wildman–Crippen MR) is 74.7 cm³/mol. The standard InChI is InChI=1S/C13H21N5/c1-10(2)18(8-4-6-14)13-12-11(5-7-15-13)17(3)9-16-12/h5,7,9-10H,4,6,8,14H2,1-3H3. The molecule has 0 bridgehead atoms. The lowest BCUT2D eigenvalue weighted by molar-refractivity contribution is 0.651. The summed E-state index contributed by atoms with van der Waals surface area (Å²) < 4.78 is 2.02. The van der Waals surface area contributed by atoms with Gasteiger partial charge in [0.1, 0.15) is 5.52 Å². The summed E-state index contributed by atoms with van der Waals surface area (Å²) in [4.78, 5) is 11.2. The van der Waals surface area contributed by atoms with E-state index >= 15 is 0 Å². The number of nitrogens with zero attached hydrogens (tertiary/aromatic N) is 4. The molecule has 2 N–H and O–H groups in total. The monoisotopic (exact) mass is 247 g/mol. The van der Waals surface area contributed by atoms with Crippen molar-refractivity contribution in [3.05, 3.63) is 18.6 Å². The molecule has 0 spiro atoms. The Hall–Kier alpha value is -1.62. The smallest absolute Gasteiger partial charge is 0.156 e. The predicted octanol–water partition coefficient (Wildman–Crippen LogP) is 1.53. The zero-order valence-corrected chi connectivity index (χ0v) is 11.3. The van der Waals surface area contributed by atoms with Crippen molar-refractivity contribution in [2.24, 2.45) is 12.8 Å². The molecule has 2 aromatic heterocycles. The number of hydrogen-bond acceptors (Lipinski definition) is 4. The average Bonchev–Trinajstić information content (AvgIpc) is 2.72. The van der Waals surface area contributed by atoms with Crippen LogP contribution >= 0.6 is 0 Å². The summed E-state index contributed by atoms with van der Waals surface area (Å²) in [5, 5.41) is 0. The van der Waals surface area contributed by atoms with Crippen LogP contribution in [0.4, 0.5) is 5.82 Å². The van der Waals surface area contributed by atoms with E-state index in [1.807, 2.05) is 30.2 Å². The van der Waals surface area contributed by atoms with Crippen LogP contribution in [0.3, 0.4) is 0 Å². The van der Waals surface area contributed by atoms with Crippen LogP contribution in [0.1, 0.15) is 20.3 Å². The molecule has 0 aromatic carbocycles. The lowest BCUT2D eigenvalue weighted by atomic mass is 10.2. The van der Waals surface area contributed by atoms with E-state index in [0.29, 0.717) is 12.6 Å². The molecule has 18 heavy (non-hydrogen) atoms. The van der Waals surface area contributed by atoms with Gasteiger partial charge in [0, 0.05) is 25.8 Å². The maximum atomic E-state index is 5.60. The Morgan fingerprint density at radius 3 is 2.83 bits per heavy atom. The van der Waals surface area contributed by atoms with Gasteiger partial charge in [-0.15, -0.1) is 0 Å². The molecule has 0 unspecified atom stereocenters. The highest BCUT2D eigenvalue weighted by molar-refractivity contribution is 5.86. The van der Waals surface area contributed by atoms with E-state index in [9.17, 15) is 0 Å². The highest BCUT2D eigenvalue weighted by Crippen LogP contribution is 2.24. The molecule has 0 saturated heterocycles. The lowest BCUT2D eigenvalue weighted by Crippen LogP contribution is -2.33. The molecule has 2 heterocycles. The maximum absolute atomic E-state index is 5.60. The van der Waals surface area contributed by atoms with Crippen LogP contribution in [0.5, 0.6) is 0 Å². The molecule has 0 radical (unpaired) electrons. The number of aryl methyl sites for hydroxylation is 1. The van der Waals surface area contributed by atoms with Crippen molar-refractivity contribution in [2.45, 2.75) is 26.3 Å². The number of nitrogens with two attached hydrogens (primary N) is 1. The second kappa shape index (κ2) is 5.35. The molecule has 0 amide bonds. The van der Waals surface area contributed by atoms with Crippen molar-refractivity contribution in [3.8, 4) is 0 Å². The summed E-state index contributed by atoms with van der Waals surface area (Å²) in [6.45, 7) is 5.94. The van der Waals surface area contributed by atoms with Crippen LogP contribution in [0.25, 0.3) is 11.0 Å². The average molecular weight is 247 g/mol. The molecule has 2 aromatic rings. The Labute approximate surface area is 108 Å². The summed E-state index contributed by atoms with van der Waals surface area (Å²) in [5.74, 6) is 0.955. The fraction of sp³-hybridized carbons (Fsp3) is 0.538. The van der Waals surface area contributed by atoms with E-state index in [1.54, 1.807) is 0 Å². The Bertz CT molecular complexity index is 517. The lowest BCUT2D eigenvalue weighted by Gasteiger charge is -2.27. The third-order valence-electron chi connectivity index (χ3n) is 3.12. The normalized spacial score (nSPS) is 11.4. The quantitative estimate of drug-likeness (QED) is 0.870. The summed E-state index contributed by atoms with van der Waals surface area (Å²) in [6, 6.07) is 2.38. The van der Waals surface area contributed by atoms with Crippen LogP contribution < -0.4 is 10.6 Å². The number of rotatable bonds is 5. The summed E-state index contributed by atoms with van der Waals surface area (Å²) in [6.07, 6.45) is 4.64. The Kier molecular flexibility index (Phi) is 3.81. The van der Waals surface area contributed by atoms with Gasteiger partial charge in [0.2, 0.25) is 0 Å². The fourth-order valence-electron chi connectivity index (χ4n) is 2.13. The molecule has 0 aliphatic rings. The minimum Gasteiger partial charge on any atom is -0.352 e. The van der Waals surface area contributed by atoms with Crippen molar-refractivity contribution in [3.63, 3.8) is 0 Å². The number of imidazole rings is 1. The van der Waals surface area contributed by atoms with E-state index < -0.39 is 0 Å². The van der Waals surface area contributed by atoms with Crippen molar-refractivity contribution < 1.29 is 0 Å². The number of aromatic nitrogens is 3. The molecule has 0 aliphatic heterocycles. The van der Waals surface area contributed by atoms with Gasteiger partial charge in [0.15, 0.2) is 5.82 Å². The van der Waals surface area contributed by atoms with Gasteiger partial charge in [-0.2, -0.15) is 0 Å². The van der Waals surface area contributed by atoms with Gasteiger partial charge in [-0.1, -0.05) is 0 Å². The maximum Gasteiger partial charge on any atom is 0.156 e. The summed E-state index contributed by atoms with van der Waals surface area (Å²) in [5.41, 5.74) is 7.68. The summed E-state index contributed by atoms with van der Waals surface area (Å²) >= 11 is 0. The zero-order chi connectivity index (χ0) is 13.1. The second-order valence-electron chi connectivity index (χ2n) is 4.79. The fourth-order valence-corrected chi connectivity index (χ4v) is 2.13. The van der Waals surface area contributed by atoms with Gasteiger partial charge in [-0.25, -0.2) is 9.97 Å². The van der Waals surface area contributed by atoms with Crippen LogP contribution in [0.15, 0.2) is 18.6 Å². The molecular weight excluding hydrogens is 226 g/mol. The number of hydrogen-bond donors (Lipinski definition) is 1. The largest absolute Gasteiger partial charge is 0.352 e. The van der Waals surface area contributed by atoms with E-state index in [2.05, 4.69) is 28.7 Å². The topological polar surface area (TPSA) is 60.0 Å². The van der Waals surface area contributed by atoms with Gasteiger partial charge in [0.25, 0.3) is 0 Å². The van der Waals surface area contributed by atoms with Gasteiger partial charge < -0.3 is 15.2 Å². The van der Waals surface area contributed by atoms with Crippen LogP contribution in [0, 0.1) is 0 Å². The molecule has 5 heteroatoms. The van der Waals surface area contributed by atoms with Crippen LogP contribution in [-0.2, 0) is 7.05 Å². The molecule has 0 aliphatic carbocycles. The van der Waals surface area contributed by atoms with Crippen molar-refractivity contribution in [1.29, 1.82) is 0 Å². The molecule has 98 valence electrons. The van der Waals surface area contributed by atoms with Crippen LogP contribution in [0.2, 0.25) is 0 Å². The van der Waals surface area contributed by atoms with E-state index in [1.165, 1.54) is 0 Å². The third-order valence-corrected chi connectivity index (χ3v) is 3.12. The molecule has 5 nitrogen and oxygen atoms in total. The van der Waals surface area contributed by atoms with E-state index in [4.69, 9.17) is 5.73 Å². The van der Waals surface area contributed by atoms with Crippen molar-refractivity contribution >= 4 is 16.9 Å². The Morgan fingerprint density at radius 1 is 1.39 bits per heavy atom. The van der Waals surface area contributed by atoms with Crippen molar-refractivity contribution in [1.82, 2.24) is 14.5 Å². The van der Waals surface area contributed by atoms with Crippen molar-refractivity contribution in [2.75, 3.05) is 18.0 Å². The Morgan fingerprint density at radius 2 is 2.17 bits per heavy atom. The minimum absolute atomic E-state index is 0.386. The van der Waals surface area contributed by atoms with Gasteiger partial charge in [0.05, 0.1) is 11.8 Å². The molecule has 2 rings (SSSR count). The van der Waals surface area contributed by atoms with Gasteiger partial charge in [-0.3, -0.25) is 0 Å². The first-order chi connectivity index (χ1) is 8.65. The van der Waals surface area contributed by atoms with E-state index in [-0.39, 0.29) is 0 Å².